The molecule has 29 heteroatoms. The van der Waals surface area contributed by atoms with Gasteiger partial charge in [0.1, 0.15) is 28.8 Å². The number of esters is 1. The van der Waals surface area contributed by atoms with E-state index in [9.17, 15) is 61.9 Å². The fourth-order valence-corrected chi connectivity index (χ4v) is 9.34. The predicted molar refractivity (Wildman–Crippen MR) is 327 cm³/mol. The van der Waals surface area contributed by atoms with Crippen LogP contribution in [0.2, 0.25) is 19.6 Å². The summed E-state index contributed by atoms with van der Waals surface area (Å²) in [5, 5.41) is 17.9. The van der Waals surface area contributed by atoms with Gasteiger partial charge in [0.05, 0.1) is 6.42 Å². The van der Waals surface area contributed by atoms with Crippen molar-refractivity contribution in [2.45, 2.75) is 166 Å². The Bertz CT molecular complexity index is 2940. The summed E-state index contributed by atoms with van der Waals surface area (Å²) >= 11 is 8.77. The molecule has 3 atom stereocenters. The summed E-state index contributed by atoms with van der Waals surface area (Å²) in [5.41, 5.74) is 5.59. The van der Waals surface area contributed by atoms with Crippen molar-refractivity contribution in [3.8, 4) is 23.0 Å². The Balaban J connectivity index is 0.000000271. The lowest BCUT2D eigenvalue weighted by Gasteiger charge is -2.28. The van der Waals surface area contributed by atoms with Crippen LogP contribution in [0.5, 0.6) is 23.0 Å². The van der Waals surface area contributed by atoms with Crippen LogP contribution in [-0.2, 0) is 39.7 Å². The Labute approximate surface area is 534 Å². The summed E-state index contributed by atoms with van der Waals surface area (Å²) in [5.74, 6) is -1.00. The average molecular weight is 1520 g/mol. The highest BCUT2D eigenvalue weighted by molar-refractivity contribution is 9.93. The van der Waals surface area contributed by atoms with Gasteiger partial charge in [-0.3, -0.25) is 4.79 Å². The van der Waals surface area contributed by atoms with E-state index in [1.807, 2.05) is 37.3 Å². The zero-order valence-corrected chi connectivity index (χ0v) is 55.6. The number of para-hydroxylation sites is 2. The zero-order valence-electron chi connectivity index (χ0n) is 47.5. The number of carbonyl (C=O) groups excluding carboxylic acids is 1. The van der Waals surface area contributed by atoms with Gasteiger partial charge in [-0.15, -0.1) is 0 Å². The minimum atomic E-state index is -4.37. The molecule has 8 nitrogen and oxygen atoms in total. The van der Waals surface area contributed by atoms with E-state index in [0.29, 0.717) is 42.2 Å². The second kappa shape index (κ2) is 35.9. The average Bonchev–Trinajstić information content (AvgIpc) is 1.64. The van der Waals surface area contributed by atoms with Crippen LogP contribution in [0, 0.1) is 18.7 Å². The number of hydrogen-bond acceptors (Lipinski definition) is 8. The maximum Gasteiger partial charge on any atom is 0.488 e. The Morgan fingerprint density at radius 3 is 1.44 bits per heavy atom. The predicted octanol–water partition coefficient (Wildman–Crippen LogP) is 18.8. The van der Waals surface area contributed by atoms with Gasteiger partial charge in [-0.05, 0) is 171 Å². The molecule has 0 amide bonds. The summed E-state index contributed by atoms with van der Waals surface area (Å²) in [4.78, 5) is 10.8. The number of ether oxygens (including phenoxy) is 4. The molecule has 484 valence electrons. The molecule has 4 aliphatic heterocycles. The van der Waals surface area contributed by atoms with Crippen LogP contribution in [0.3, 0.4) is 0 Å². The van der Waals surface area contributed by atoms with Crippen LogP contribution in [0.1, 0.15) is 104 Å². The first-order chi connectivity index (χ1) is 40.5. The Morgan fingerprint density at radius 2 is 1.00 bits per heavy atom. The Kier molecular flexibility index (Phi) is 32.0. The molecule has 5 aliphatic rings. The van der Waals surface area contributed by atoms with Crippen molar-refractivity contribution >= 4 is 101 Å². The first-order valence-electron chi connectivity index (χ1n) is 27.0. The highest BCUT2D eigenvalue weighted by Crippen LogP contribution is 2.40. The summed E-state index contributed by atoms with van der Waals surface area (Å²) in [6, 6.07) is 29.4. The van der Waals surface area contributed by atoms with Crippen molar-refractivity contribution in [1.82, 2.24) is 0 Å². The van der Waals surface area contributed by atoms with E-state index in [0.717, 1.165) is 44.8 Å². The molecular formula is C58H65BBr3Cl2F13O8SSi. The lowest BCUT2D eigenvalue weighted by Crippen LogP contribution is -2.40. The highest BCUT2D eigenvalue weighted by Gasteiger charge is 2.46. The quantitative estimate of drug-likeness (QED) is 0.0604. The fourth-order valence-electron chi connectivity index (χ4n) is 8.93. The van der Waals surface area contributed by atoms with Gasteiger partial charge in [0.15, 0.2) is 26.4 Å². The van der Waals surface area contributed by atoms with Gasteiger partial charge in [-0.25, -0.2) is 8.60 Å². The molecule has 4 heterocycles. The van der Waals surface area contributed by atoms with Crippen LogP contribution >= 0.6 is 65.6 Å². The van der Waals surface area contributed by atoms with E-state index >= 15 is 0 Å². The smallest absolute Gasteiger partial charge is 0.481 e. The molecule has 1 saturated carbocycles. The second-order valence-electron chi connectivity index (χ2n) is 21.3. The summed E-state index contributed by atoms with van der Waals surface area (Å²) in [6.07, 6.45) is -9.35. The number of hydrogen-bond donors (Lipinski definition) is 2. The van der Waals surface area contributed by atoms with Gasteiger partial charge in [0.25, 0.3) is 0 Å². The molecule has 1 fully saturated rings. The van der Waals surface area contributed by atoms with Crippen molar-refractivity contribution in [1.29, 1.82) is 0 Å². The third-order valence-electron chi connectivity index (χ3n) is 14.0. The standard InChI is InChI=1S/C15H21F.C10H10BF3O3.C10H8BrF3O.C10H9F3O.C9H8O2.C4H9F3Si.Br2.Cl2OS/c1-3-12-5-8-13(9-6-12)14-7-4-11(2)15(16)10-14;12-10(13,14)9-4-1-6-5-7(11(15)16)2-3-8(6)17-9;11-7-2-3-8-6(5-7)1-4-9(15-8)10(12,13)14;11-10(12,13)9-6-5-7-3-1-2-4-8(7)14-9;10-9-6-5-7-3-1-2-4-8(7)11-9;1-8(2,3)4(5,6)7;1-2;1-4(2)3/h4,7,10,12-13H,3,5-6,8-9H2,1-2H3;2-3,5,9,15-16H,1,4H2;2-3,5,9H,1,4H2;1-4,9H,5-6H2;1-4H,5-6H2;1-3H3;;. The van der Waals surface area contributed by atoms with Gasteiger partial charge in [-0.2, -0.15) is 52.7 Å². The monoisotopic (exact) mass is 1510 g/mol. The highest BCUT2D eigenvalue weighted by atomic mass is 80.9. The molecule has 0 saturated heterocycles. The van der Waals surface area contributed by atoms with Crippen LogP contribution in [0.15, 0.2) is 108 Å². The van der Waals surface area contributed by atoms with E-state index in [4.69, 9.17) is 33.2 Å². The van der Waals surface area contributed by atoms with Crippen LogP contribution in [-0.4, -0.2) is 78.1 Å². The SMILES string of the molecule is BrBr.CCC1CCC(c2ccc(C)c(F)c2)CC1.C[Si](C)(C)C(F)(F)F.FC(F)(F)C1CCc2cc(Br)ccc2O1.FC(F)(F)C1CCc2ccccc2O1.O=C1CCc2ccccc2O1.O=S(Cl)Cl.OB(O)c1ccc2c(c1)CCC(C(F)(F)F)O2. The first kappa shape index (κ1) is 77.7. The topological polar surface area (TPSA) is 112 Å². The summed E-state index contributed by atoms with van der Waals surface area (Å²) < 4.78 is 189. The summed E-state index contributed by atoms with van der Waals surface area (Å²) in [6.45, 7) is 7.95. The van der Waals surface area contributed by atoms with E-state index < -0.39 is 67.1 Å². The molecule has 0 radical (unpaired) electrons. The number of rotatable bonds is 3. The largest absolute Gasteiger partial charge is 0.488 e. The molecular weight excluding hydrogens is 1450 g/mol. The normalized spacial score (nSPS) is 19.2. The Morgan fingerprint density at radius 1 is 0.586 bits per heavy atom. The number of alkyl halides is 12. The van der Waals surface area contributed by atoms with Crippen molar-refractivity contribution in [2.24, 2.45) is 5.92 Å². The van der Waals surface area contributed by atoms with Crippen LogP contribution in [0.25, 0.3) is 0 Å². The maximum absolute atomic E-state index is 13.5. The lowest BCUT2D eigenvalue weighted by molar-refractivity contribution is -0.199. The third kappa shape index (κ3) is 27.0. The van der Waals surface area contributed by atoms with Crippen LogP contribution < -0.4 is 24.4 Å². The van der Waals surface area contributed by atoms with E-state index in [2.05, 4.69) is 78.5 Å². The molecule has 5 aromatic rings. The maximum atomic E-state index is 13.5. The van der Waals surface area contributed by atoms with Gasteiger partial charge < -0.3 is 29.0 Å². The molecule has 10 rings (SSSR count). The van der Waals surface area contributed by atoms with E-state index in [1.54, 1.807) is 48.5 Å². The molecule has 1 aliphatic carbocycles. The van der Waals surface area contributed by atoms with Gasteiger partial charge in [0.2, 0.25) is 9.23 Å². The molecule has 0 spiro atoms. The number of fused-ring (bicyclic) bond motifs is 4. The van der Waals surface area contributed by atoms with Gasteiger partial charge in [0, 0.05) is 54.1 Å². The third-order valence-corrected chi connectivity index (χ3v) is 16.2. The number of benzene rings is 5. The molecule has 2 N–H and O–H groups in total. The van der Waals surface area contributed by atoms with Crippen molar-refractivity contribution in [3.05, 3.63) is 147 Å². The minimum Gasteiger partial charge on any atom is -0.481 e. The molecule has 87 heavy (non-hydrogen) atoms. The molecule has 0 bridgehead atoms. The van der Waals surface area contributed by atoms with Gasteiger partial charge >= 0.3 is 37.4 Å². The second-order valence-corrected chi connectivity index (χ2v) is 29.8. The van der Waals surface area contributed by atoms with E-state index in [-0.39, 0.29) is 48.7 Å². The van der Waals surface area contributed by atoms with Crippen molar-refractivity contribution in [2.75, 3.05) is 0 Å². The van der Waals surface area contributed by atoms with Crippen molar-refractivity contribution in [3.63, 3.8) is 0 Å². The first-order valence-corrected chi connectivity index (χ1v) is 37.8. The molecule has 3 unspecified atom stereocenters. The molecule has 5 aromatic carbocycles. The van der Waals surface area contributed by atoms with Gasteiger partial charge in [-0.1, -0.05) is 110 Å². The number of halogens is 18. The summed E-state index contributed by atoms with van der Waals surface area (Å²) in [7, 11) is 2.87. The fraction of sp³-hybridized carbons (Fsp3) is 0.466. The van der Waals surface area contributed by atoms with E-state index in [1.165, 1.54) is 75.5 Å². The van der Waals surface area contributed by atoms with Crippen molar-refractivity contribution < 1.29 is 95.1 Å². The molecule has 0 aromatic heterocycles. The van der Waals surface area contributed by atoms with Crippen LogP contribution in [0.4, 0.5) is 57.1 Å². The zero-order chi connectivity index (χ0) is 65.7. The number of carbonyl (C=O) groups is 1. The Hall–Kier alpha value is -3.57. The minimum absolute atomic E-state index is 0.00699. The lowest BCUT2D eigenvalue weighted by atomic mass is 9.78. The number of aryl methyl sites for hydroxylation is 5.